The fourth-order valence-corrected chi connectivity index (χ4v) is 2.59. The van der Waals surface area contributed by atoms with Crippen molar-refractivity contribution in [2.75, 3.05) is 6.54 Å². The molecular weight excluding hydrogens is 351 g/mol. The van der Waals surface area contributed by atoms with Gasteiger partial charge >= 0.3 is 6.18 Å². The summed E-state index contributed by atoms with van der Waals surface area (Å²) in [5.74, 6) is -3.40. The van der Waals surface area contributed by atoms with Crippen molar-refractivity contribution in [1.29, 1.82) is 0 Å². The monoisotopic (exact) mass is 364 g/mol. The summed E-state index contributed by atoms with van der Waals surface area (Å²) < 4.78 is 66.5. The van der Waals surface area contributed by atoms with Crippen LogP contribution in [0.2, 0.25) is 0 Å². The Balaban J connectivity index is 0.00000208. The van der Waals surface area contributed by atoms with Crippen molar-refractivity contribution in [3.05, 3.63) is 64.5 Å². The lowest BCUT2D eigenvalue weighted by atomic mass is 9.94. The van der Waals surface area contributed by atoms with Crippen molar-refractivity contribution < 1.29 is 22.0 Å². The average molecular weight is 365 g/mol. The second-order valence-corrected chi connectivity index (χ2v) is 5.41. The van der Waals surface area contributed by atoms with E-state index < -0.39 is 23.4 Å². The molecule has 0 saturated heterocycles. The molecule has 0 amide bonds. The topological polar surface area (TPSA) is 24.9 Å². The van der Waals surface area contributed by atoms with Gasteiger partial charge in [0.1, 0.15) is 5.69 Å². The molecule has 0 fully saturated rings. The number of alkyl halides is 5. The van der Waals surface area contributed by atoms with Gasteiger partial charge in [0.15, 0.2) is 0 Å². The zero-order valence-corrected chi connectivity index (χ0v) is 13.1. The first-order chi connectivity index (χ1) is 10.8. The van der Waals surface area contributed by atoms with Crippen LogP contribution in [0.4, 0.5) is 22.0 Å². The molecule has 1 aromatic carbocycles. The minimum absolute atomic E-state index is 0. The maximum atomic E-state index is 14.5. The van der Waals surface area contributed by atoms with E-state index in [1.807, 2.05) is 0 Å². The van der Waals surface area contributed by atoms with E-state index in [0.29, 0.717) is 18.8 Å². The number of halogens is 6. The van der Waals surface area contributed by atoms with E-state index in [1.165, 1.54) is 12.1 Å². The zero-order chi connectivity index (χ0) is 16.7. The maximum absolute atomic E-state index is 14.5. The molecule has 0 bridgehead atoms. The van der Waals surface area contributed by atoms with Crippen LogP contribution in [0, 0.1) is 0 Å². The van der Waals surface area contributed by atoms with Crippen LogP contribution in [-0.4, -0.2) is 11.5 Å². The number of hydrogen-bond acceptors (Lipinski definition) is 2. The van der Waals surface area contributed by atoms with Crippen LogP contribution >= 0.6 is 12.4 Å². The summed E-state index contributed by atoms with van der Waals surface area (Å²) in [6.45, 7) is 1.30. The molecule has 0 saturated carbocycles. The van der Waals surface area contributed by atoms with Crippen LogP contribution < -0.4 is 5.32 Å². The Kier molecular flexibility index (Phi) is 5.15. The van der Waals surface area contributed by atoms with E-state index in [-0.39, 0.29) is 18.0 Å². The van der Waals surface area contributed by atoms with Crippen LogP contribution in [-0.2, 0) is 25.1 Å². The normalized spacial score (nSPS) is 14.7. The predicted molar refractivity (Wildman–Crippen MR) is 81.3 cm³/mol. The Bertz CT molecular complexity index is 713. The molecule has 24 heavy (non-hydrogen) atoms. The van der Waals surface area contributed by atoms with E-state index in [2.05, 4.69) is 10.3 Å². The molecule has 1 N–H and O–H groups in total. The number of pyridine rings is 1. The molecule has 1 aliphatic heterocycles. The van der Waals surface area contributed by atoms with Gasteiger partial charge in [0.25, 0.3) is 5.92 Å². The highest BCUT2D eigenvalue weighted by Gasteiger charge is 2.37. The van der Waals surface area contributed by atoms with Crippen molar-refractivity contribution >= 4 is 12.4 Å². The average Bonchev–Trinajstić information content (AvgIpc) is 2.53. The van der Waals surface area contributed by atoms with Gasteiger partial charge in [-0.05, 0) is 42.3 Å². The van der Waals surface area contributed by atoms with Crippen LogP contribution in [0.5, 0.6) is 0 Å². The summed E-state index contributed by atoms with van der Waals surface area (Å²) >= 11 is 0. The number of hydrogen-bond donors (Lipinski definition) is 1. The molecule has 1 aliphatic rings. The highest BCUT2D eigenvalue weighted by Crippen LogP contribution is 2.37. The van der Waals surface area contributed by atoms with E-state index in [1.54, 1.807) is 6.07 Å². The molecule has 0 spiro atoms. The lowest BCUT2D eigenvalue weighted by molar-refractivity contribution is -0.141. The van der Waals surface area contributed by atoms with Crippen LogP contribution in [0.15, 0.2) is 36.5 Å². The van der Waals surface area contributed by atoms with Gasteiger partial charge < -0.3 is 5.32 Å². The SMILES string of the molecule is Cl.FC(F)(F)c1ccc(C(F)(F)c2ccc3c(c2)CNCC3)cn1. The smallest absolute Gasteiger partial charge is 0.312 e. The Morgan fingerprint density at radius 2 is 1.62 bits per heavy atom. The van der Waals surface area contributed by atoms with Crippen LogP contribution in [0.25, 0.3) is 0 Å². The van der Waals surface area contributed by atoms with Gasteiger partial charge in [-0.1, -0.05) is 12.1 Å². The number of nitrogens with zero attached hydrogens (tertiary/aromatic N) is 1. The fourth-order valence-electron chi connectivity index (χ4n) is 2.59. The quantitative estimate of drug-likeness (QED) is 0.803. The van der Waals surface area contributed by atoms with E-state index >= 15 is 0 Å². The zero-order valence-electron chi connectivity index (χ0n) is 12.3. The fraction of sp³-hybridized carbons (Fsp3) is 0.312. The lowest BCUT2D eigenvalue weighted by Crippen LogP contribution is -2.25. The third kappa shape index (κ3) is 3.52. The van der Waals surface area contributed by atoms with E-state index in [9.17, 15) is 22.0 Å². The number of fused-ring (bicyclic) bond motifs is 1. The Hall–Kier alpha value is -1.73. The number of benzene rings is 1. The molecule has 2 aromatic rings. The van der Waals surface area contributed by atoms with Crippen molar-refractivity contribution in [1.82, 2.24) is 10.3 Å². The first-order valence-corrected chi connectivity index (χ1v) is 7.03. The standard InChI is InChI=1S/C16H13F5N2.ClH/c17-15(18,13-3-4-14(23-9-13)16(19,20)21)12-2-1-10-5-6-22-8-11(10)7-12;/h1-4,7,9,22H,5-6,8H2;1H. The van der Waals surface area contributed by atoms with Gasteiger partial charge in [0.2, 0.25) is 0 Å². The molecule has 0 radical (unpaired) electrons. The first-order valence-electron chi connectivity index (χ1n) is 7.03. The molecule has 130 valence electrons. The van der Waals surface area contributed by atoms with Crippen molar-refractivity contribution in [3.8, 4) is 0 Å². The Labute approximate surface area is 141 Å². The summed E-state index contributed by atoms with van der Waals surface area (Å²) in [4.78, 5) is 3.11. The maximum Gasteiger partial charge on any atom is 0.433 e. The van der Waals surface area contributed by atoms with Gasteiger partial charge in [-0.2, -0.15) is 22.0 Å². The minimum atomic E-state index is -4.65. The molecule has 0 aliphatic carbocycles. The first kappa shape index (κ1) is 18.6. The van der Waals surface area contributed by atoms with Crippen molar-refractivity contribution in [2.24, 2.45) is 0 Å². The molecule has 2 nitrogen and oxygen atoms in total. The second-order valence-electron chi connectivity index (χ2n) is 5.41. The van der Waals surface area contributed by atoms with E-state index in [0.717, 1.165) is 30.2 Å². The van der Waals surface area contributed by atoms with E-state index in [4.69, 9.17) is 0 Å². The molecule has 2 heterocycles. The summed E-state index contributed by atoms with van der Waals surface area (Å²) in [6.07, 6.45) is -3.30. The highest BCUT2D eigenvalue weighted by atomic mass is 35.5. The van der Waals surface area contributed by atoms with Gasteiger partial charge in [-0.15, -0.1) is 12.4 Å². The third-order valence-electron chi connectivity index (χ3n) is 3.87. The Morgan fingerprint density at radius 3 is 2.25 bits per heavy atom. The third-order valence-corrected chi connectivity index (χ3v) is 3.87. The van der Waals surface area contributed by atoms with Gasteiger partial charge in [0.05, 0.1) is 0 Å². The molecule has 1 aromatic heterocycles. The van der Waals surface area contributed by atoms with Crippen molar-refractivity contribution in [3.63, 3.8) is 0 Å². The van der Waals surface area contributed by atoms with Crippen LogP contribution in [0.1, 0.15) is 27.9 Å². The van der Waals surface area contributed by atoms with Crippen LogP contribution in [0.3, 0.4) is 0 Å². The highest BCUT2D eigenvalue weighted by molar-refractivity contribution is 5.85. The summed E-state index contributed by atoms with van der Waals surface area (Å²) in [5, 5.41) is 3.10. The molecule has 0 atom stereocenters. The Morgan fingerprint density at radius 1 is 0.917 bits per heavy atom. The molecular formula is C16H14ClF5N2. The molecule has 0 unspecified atom stereocenters. The summed E-state index contributed by atoms with van der Waals surface area (Å²) in [6, 6.07) is 5.72. The largest absolute Gasteiger partial charge is 0.433 e. The van der Waals surface area contributed by atoms with Gasteiger partial charge in [-0.3, -0.25) is 4.98 Å². The molecule has 3 rings (SSSR count). The number of rotatable bonds is 2. The van der Waals surface area contributed by atoms with Crippen molar-refractivity contribution in [2.45, 2.75) is 25.1 Å². The van der Waals surface area contributed by atoms with Gasteiger partial charge in [0, 0.05) is 23.9 Å². The lowest BCUT2D eigenvalue weighted by Gasteiger charge is -2.22. The minimum Gasteiger partial charge on any atom is -0.312 e. The number of nitrogens with one attached hydrogen (secondary N) is 1. The second kappa shape index (κ2) is 6.64. The van der Waals surface area contributed by atoms with Gasteiger partial charge in [-0.25, -0.2) is 0 Å². The number of aromatic nitrogens is 1. The predicted octanol–water partition coefficient (Wildman–Crippen LogP) is 4.31. The summed E-state index contributed by atoms with van der Waals surface area (Å²) in [7, 11) is 0. The summed E-state index contributed by atoms with van der Waals surface area (Å²) in [5.41, 5.74) is -0.204. The molecule has 8 heteroatoms.